The van der Waals surface area contributed by atoms with Gasteiger partial charge in [-0.15, -0.1) is 0 Å². The van der Waals surface area contributed by atoms with E-state index in [4.69, 9.17) is 0 Å². The fraction of sp³-hybridized carbons (Fsp3) is 0.0811. The van der Waals surface area contributed by atoms with Crippen molar-refractivity contribution < 1.29 is 0 Å². The van der Waals surface area contributed by atoms with Crippen LogP contribution in [0.1, 0.15) is 29.0 Å². The van der Waals surface area contributed by atoms with E-state index in [1.807, 2.05) is 0 Å². The van der Waals surface area contributed by atoms with E-state index in [1.54, 1.807) is 0 Å². The molecule has 0 spiro atoms. The van der Waals surface area contributed by atoms with Crippen LogP contribution in [0, 0.1) is 6.92 Å². The predicted molar refractivity (Wildman–Crippen MR) is 160 cm³/mol. The van der Waals surface area contributed by atoms with E-state index in [-0.39, 0.29) is 0 Å². The van der Waals surface area contributed by atoms with Crippen molar-refractivity contribution in [3.8, 4) is 11.1 Å². The molecule has 0 saturated carbocycles. The van der Waals surface area contributed by atoms with Crippen molar-refractivity contribution >= 4 is 37.9 Å². The van der Waals surface area contributed by atoms with Crippen molar-refractivity contribution in [3.63, 3.8) is 0 Å². The van der Waals surface area contributed by atoms with Crippen LogP contribution in [0.2, 0.25) is 0 Å². The summed E-state index contributed by atoms with van der Waals surface area (Å²) in [4.78, 5) is 0. The molecule has 0 fully saturated rings. The maximum absolute atomic E-state index is 2.45. The van der Waals surface area contributed by atoms with Gasteiger partial charge in [-0.25, -0.2) is 0 Å². The summed E-state index contributed by atoms with van der Waals surface area (Å²) in [6.07, 6.45) is 8.21. The van der Waals surface area contributed by atoms with Crippen LogP contribution in [0.5, 0.6) is 0 Å². The van der Waals surface area contributed by atoms with Crippen LogP contribution in [-0.4, -0.2) is 0 Å². The maximum Gasteiger partial charge on any atom is 0.00563 e. The van der Waals surface area contributed by atoms with Crippen molar-refractivity contribution in [1.29, 1.82) is 0 Å². The molecular formula is C37H28. The van der Waals surface area contributed by atoms with Gasteiger partial charge in [0.2, 0.25) is 0 Å². The summed E-state index contributed by atoms with van der Waals surface area (Å²) in [6.45, 7) is 2.19. The van der Waals surface area contributed by atoms with Crippen molar-refractivity contribution in [3.05, 3.63) is 150 Å². The molecule has 1 unspecified atom stereocenters. The highest BCUT2D eigenvalue weighted by atomic mass is 14.2. The lowest BCUT2D eigenvalue weighted by Crippen LogP contribution is -2.00. The summed E-state index contributed by atoms with van der Waals surface area (Å²) in [5.74, 6) is 0.400. The molecule has 0 saturated heterocycles. The number of fused-ring (bicyclic) bond motifs is 3. The zero-order valence-electron chi connectivity index (χ0n) is 21.0. The molecule has 0 heterocycles. The highest BCUT2D eigenvalue weighted by Gasteiger charge is 2.19. The maximum atomic E-state index is 2.45. The number of hydrogen-bond donors (Lipinski definition) is 0. The Bertz CT molecular complexity index is 1850. The molecule has 0 bridgehead atoms. The average molecular weight is 473 g/mol. The van der Waals surface area contributed by atoms with Gasteiger partial charge in [0, 0.05) is 5.92 Å². The Balaban J connectivity index is 1.39. The second-order valence-corrected chi connectivity index (χ2v) is 10.2. The van der Waals surface area contributed by atoms with Gasteiger partial charge in [0.05, 0.1) is 0 Å². The molecule has 0 nitrogen and oxygen atoms in total. The summed E-state index contributed by atoms with van der Waals surface area (Å²) in [7, 11) is 0. The molecular weight excluding hydrogens is 444 g/mol. The van der Waals surface area contributed by atoms with Crippen LogP contribution in [-0.2, 0) is 0 Å². The third-order valence-corrected chi connectivity index (χ3v) is 7.83. The summed E-state index contributed by atoms with van der Waals surface area (Å²) in [5.41, 5.74) is 7.93. The Labute approximate surface area is 218 Å². The van der Waals surface area contributed by atoms with Crippen LogP contribution in [0.4, 0.5) is 0 Å². The Kier molecular flexibility index (Phi) is 5.26. The first-order chi connectivity index (χ1) is 18.3. The van der Waals surface area contributed by atoms with E-state index >= 15 is 0 Å². The molecule has 1 aliphatic rings. The lowest BCUT2D eigenvalue weighted by molar-refractivity contribution is 0.858. The molecule has 0 amide bonds. The van der Waals surface area contributed by atoms with Gasteiger partial charge < -0.3 is 0 Å². The van der Waals surface area contributed by atoms with Gasteiger partial charge in [0.25, 0.3) is 0 Å². The largest absolute Gasteiger partial charge is 0.0761 e. The van der Waals surface area contributed by atoms with Crippen LogP contribution < -0.4 is 0 Å². The van der Waals surface area contributed by atoms with Gasteiger partial charge in [0.15, 0.2) is 0 Å². The molecule has 1 aliphatic carbocycles. The van der Waals surface area contributed by atoms with Crippen LogP contribution in [0.25, 0.3) is 49.0 Å². The molecule has 6 aromatic rings. The zero-order valence-corrected chi connectivity index (χ0v) is 21.0. The summed E-state index contributed by atoms with van der Waals surface area (Å²) in [6, 6.07) is 42.2. The molecule has 0 radical (unpaired) electrons. The topological polar surface area (TPSA) is 0 Å². The smallest absolute Gasteiger partial charge is 0.00563 e. The molecule has 176 valence electrons. The monoisotopic (exact) mass is 472 g/mol. The number of rotatable bonds is 3. The molecule has 7 rings (SSSR count). The van der Waals surface area contributed by atoms with Crippen molar-refractivity contribution in [2.75, 3.05) is 0 Å². The van der Waals surface area contributed by atoms with E-state index < -0.39 is 0 Å². The van der Waals surface area contributed by atoms with Gasteiger partial charge in [-0.2, -0.15) is 0 Å². The predicted octanol–water partition coefficient (Wildman–Crippen LogP) is 10.2. The van der Waals surface area contributed by atoms with Gasteiger partial charge in [-0.3, -0.25) is 0 Å². The summed E-state index contributed by atoms with van der Waals surface area (Å²) in [5, 5.41) is 7.89. The second-order valence-electron chi connectivity index (χ2n) is 10.2. The summed E-state index contributed by atoms with van der Waals surface area (Å²) >= 11 is 0. The third-order valence-electron chi connectivity index (χ3n) is 7.83. The van der Waals surface area contributed by atoms with E-state index in [2.05, 4.69) is 140 Å². The van der Waals surface area contributed by atoms with Crippen molar-refractivity contribution in [1.82, 2.24) is 0 Å². The first kappa shape index (κ1) is 21.8. The molecule has 0 aromatic heterocycles. The van der Waals surface area contributed by atoms with Gasteiger partial charge in [0.1, 0.15) is 0 Å². The lowest BCUT2D eigenvalue weighted by atomic mass is 9.82. The van der Waals surface area contributed by atoms with E-state index in [0.717, 1.165) is 6.42 Å². The van der Waals surface area contributed by atoms with Crippen molar-refractivity contribution in [2.45, 2.75) is 19.3 Å². The minimum absolute atomic E-state index is 0.400. The second kappa shape index (κ2) is 8.91. The Morgan fingerprint density at radius 3 is 2.05 bits per heavy atom. The Hall–Kier alpha value is -4.42. The van der Waals surface area contributed by atoms with Crippen LogP contribution >= 0.6 is 0 Å². The van der Waals surface area contributed by atoms with Crippen LogP contribution in [0.15, 0.2) is 133 Å². The standard InChI is InChI=1S/C37H28/c1-25-15-22-34-35(23-25)37(28-10-3-2-4-11-28)33-14-8-7-13-32(33)36(34)29-19-16-27(17-20-29)31-21-18-26-9-5-6-12-30(26)24-31/h2-16,18-24,27H,17H2,1H3. The normalized spacial score (nSPS) is 15.4. The fourth-order valence-corrected chi connectivity index (χ4v) is 6.01. The molecule has 0 heteroatoms. The number of benzene rings is 6. The molecule has 0 aliphatic heterocycles. The Morgan fingerprint density at radius 2 is 1.27 bits per heavy atom. The molecule has 37 heavy (non-hydrogen) atoms. The van der Waals surface area contributed by atoms with Gasteiger partial charge >= 0.3 is 0 Å². The lowest BCUT2D eigenvalue weighted by Gasteiger charge is -2.22. The zero-order chi connectivity index (χ0) is 24.8. The highest BCUT2D eigenvalue weighted by molar-refractivity contribution is 6.19. The minimum atomic E-state index is 0.400. The first-order valence-electron chi connectivity index (χ1n) is 13.1. The Morgan fingerprint density at radius 1 is 0.568 bits per heavy atom. The van der Waals surface area contributed by atoms with Crippen molar-refractivity contribution in [2.24, 2.45) is 0 Å². The SMILES string of the molecule is Cc1ccc2c(C3=CCC(c4ccc5ccccc5c4)C=C3)c3ccccc3c(-c3ccccc3)c2c1. The fourth-order valence-electron chi connectivity index (χ4n) is 6.01. The first-order valence-corrected chi connectivity index (χ1v) is 13.1. The minimum Gasteiger partial charge on any atom is -0.0761 e. The summed E-state index contributed by atoms with van der Waals surface area (Å²) < 4.78 is 0. The number of allylic oxidation sites excluding steroid dienone is 4. The van der Waals surface area contributed by atoms with Gasteiger partial charge in [-0.05, 0) is 73.5 Å². The number of aryl methyl sites for hydroxylation is 1. The van der Waals surface area contributed by atoms with Crippen LogP contribution in [0.3, 0.4) is 0 Å². The quantitative estimate of drug-likeness (QED) is 0.225. The third kappa shape index (κ3) is 3.77. The number of hydrogen-bond acceptors (Lipinski definition) is 0. The highest BCUT2D eigenvalue weighted by Crippen LogP contribution is 2.44. The molecule has 0 N–H and O–H groups in total. The van der Waals surface area contributed by atoms with E-state index in [1.165, 1.54) is 65.7 Å². The molecule has 1 atom stereocenters. The van der Waals surface area contributed by atoms with Gasteiger partial charge in [-0.1, -0.05) is 139 Å². The average Bonchev–Trinajstić information content (AvgIpc) is 2.96. The van der Waals surface area contributed by atoms with E-state index in [0.29, 0.717) is 5.92 Å². The molecule has 6 aromatic carbocycles. The van der Waals surface area contributed by atoms with E-state index in [9.17, 15) is 0 Å².